The van der Waals surface area contributed by atoms with E-state index in [9.17, 15) is 9.59 Å². The number of aliphatic hydroxyl groups is 1. The third-order valence-electron chi connectivity index (χ3n) is 8.97. The number of methoxy groups -OCH3 is 2. The number of anilines is 4. The van der Waals surface area contributed by atoms with Crippen LogP contribution in [0.4, 0.5) is 22.7 Å². The summed E-state index contributed by atoms with van der Waals surface area (Å²) in [6.45, 7) is 22.7. The van der Waals surface area contributed by atoms with Gasteiger partial charge in [0.05, 0.1) is 104 Å². The minimum Gasteiger partial charge on any atom is -0.481 e. The second-order valence-corrected chi connectivity index (χ2v) is 17.4. The summed E-state index contributed by atoms with van der Waals surface area (Å²) in [4.78, 5) is 22.1. The van der Waals surface area contributed by atoms with Crippen LogP contribution in [0.5, 0.6) is 0 Å². The van der Waals surface area contributed by atoms with E-state index >= 15 is 0 Å². The fourth-order valence-electron chi connectivity index (χ4n) is 5.06. The van der Waals surface area contributed by atoms with Gasteiger partial charge in [0.1, 0.15) is 5.78 Å². The van der Waals surface area contributed by atoms with E-state index in [4.69, 9.17) is 89.8 Å². The highest BCUT2D eigenvalue weighted by Crippen LogP contribution is 2.35. The molecule has 4 N–H and O–H groups in total. The molecule has 4 aromatic carbocycles. The molecule has 4 rings (SSSR count). The summed E-state index contributed by atoms with van der Waals surface area (Å²) >= 11 is 24.4. The molecule has 0 aliphatic rings. The van der Waals surface area contributed by atoms with Crippen molar-refractivity contribution in [2.24, 2.45) is 5.92 Å². The molecule has 0 atom stereocenters. The van der Waals surface area contributed by atoms with Gasteiger partial charge in [0.25, 0.3) is 0 Å². The highest BCUT2D eigenvalue weighted by molar-refractivity contribution is 6.39. The highest BCUT2D eigenvalue weighted by Gasteiger charge is 2.11. The number of aliphatic carboxylic acids is 1. The van der Waals surface area contributed by atoms with Gasteiger partial charge in [-0.25, -0.2) is 0 Å². The van der Waals surface area contributed by atoms with Crippen LogP contribution in [0.2, 0.25) is 20.1 Å². The number of halogens is 4. The number of carboxylic acids is 1. The molecule has 0 saturated carbocycles. The molecule has 0 saturated heterocycles. The minimum atomic E-state index is -0.889. The van der Waals surface area contributed by atoms with Crippen LogP contribution in [0.25, 0.3) is 0 Å². The normalized spacial score (nSPS) is 10.2. The molecule has 0 aromatic heterocycles. The maximum atomic E-state index is 11.3. The van der Waals surface area contributed by atoms with Gasteiger partial charge in [-0.05, 0) is 79.6 Å². The lowest BCUT2D eigenvalue weighted by atomic mass is 10.1. The van der Waals surface area contributed by atoms with Crippen molar-refractivity contribution in [3.05, 3.63) is 116 Å². The monoisotopic (exact) mass is 1090 g/mol. The first-order valence-electron chi connectivity index (χ1n) is 24.4. The lowest BCUT2D eigenvalue weighted by Crippen LogP contribution is -2.11. The smallest absolute Gasteiger partial charge is 0.307 e. The molecule has 0 fully saturated rings. The second kappa shape index (κ2) is 49.7. The maximum absolute atomic E-state index is 11.3. The first-order chi connectivity index (χ1) is 34.7. The molecule has 408 valence electrons. The second-order valence-electron chi connectivity index (χ2n) is 15.8. The number of ketones is 1. The van der Waals surface area contributed by atoms with E-state index < -0.39 is 5.97 Å². The van der Waals surface area contributed by atoms with Gasteiger partial charge in [0.2, 0.25) is 0 Å². The van der Waals surface area contributed by atoms with E-state index in [0.717, 1.165) is 62.9 Å². The Hall–Kier alpha value is -3.54. The standard InChI is InChI=1S/C15H13Cl2NO.C14H11Cl2NO2.C10H22O4.C6H14O2.C5H12O2.C5H12/c1-10(19)9-11-5-2-3-8-14(11)18-15-12(16)6-4-7-13(15)17;15-10-5-3-6-11(16)14(10)17-12-7-2-1-4-9(12)8-13(18)19;1-3-4-12-7-8-14-10-9-13-6-5-11-2;1-3-4-8-6-5-7-2;1-2-4-7-5-3-6;1-4-5(2)3/h2-8,18H,9H2,1H3;1-7,17H,8H2,(H,18,19);3-10H2,1-2H3;3-6H2,1-2H3;6H,2-5H2,1H3;5H,4H2,1-3H3. The fourth-order valence-corrected chi connectivity index (χ4v) is 6.04. The van der Waals surface area contributed by atoms with Gasteiger partial charge < -0.3 is 54.0 Å². The first-order valence-corrected chi connectivity index (χ1v) is 25.9. The van der Waals surface area contributed by atoms with E-state index in [2.05, 4.69) is 45.3 Å². The van der Waals surface area contributed by atoms with Gasteiger partial charge in [-0.3, -0.25) is 9.59 Å². The van der Waals surface area contributed by atoms with Crippen LogP contribution >= 0.6 is 46.4 Å². The number of carbonyl (C=O) groups excluding carboxylic acids is 1. The average molecular weight is 1090 g/mol. The molecule has 0 radical (unpaired) electrons. The number of carbonyl (C=O) groups is 2. The third-order valence-corrected chi connectivity index (χ3v) is 10.2. The van der Waals surface area contributed by atoms with Crippen molar-refractivity contribution < 1.29 is 53.0 Å². The van der Waals surface area contributed by atoms with Crippen molar-refractivity contribution in [2.75, 3.05) is 111 Å². The number of rotatable bonds is 29. The Kier molecular flexibility index (Phi) is 48.7. The van der Waals surface area contributed by atoms with E-state index in [1.54, 1.807) is 75.7 Å². The van der Waals surface area contributed by atoms with Crippen LogP contribution < -0.4 is 10.6 Å². The molecular weight excluding hydrogens is 1010 g/mol. The van der Waals surface area contributed by atoms with Crippen LogP contribution in [-0.4, -0.2) is 122 Å². The van der Waals surface area contributed by atoms with Crippen LogP contribution in [0.15, 0.2) is 84.9 Å². The van der Waals surface area contributed by atoms with E-state index in [0.29, 0.717) is 102 Å². The lowest BCUT2D eigenvalue weighted by molar-refractivity contribution is -0.136. The van der Waals surface area contributed by atoms with Crippen molar-refractivity contribution in [2.45, 2.75) is 87.0 Å². The molecule has 0 unspecified atom stereocenters. The Morgan fingerprint density at radius 1 is 0.500 bits per heavy atom. The predicted octanol–water partition coefficient (Wildman–Crippen LogP) is 13.8. The van der Waals surface area contributed by atoms with E-state index in [1.165, 1.54) is 6.42 Å². The van der Waals surface area contributed by atoms with Gasteiger partial charge in [0.15, 0.2) is 0 Å². The summed E-state index contributed by atoms with van der Waals surface area (Å²) in [7, 11) is 3.33. The van der Waals surface area contributed by atoms with Gasteiger partial charge in [-0.1, -0.05) is 143 Å². The summed E-state index contributed by atoms with van der Waals surface area (Å²) in [5.74, 6) is 0.106. The van der Waals surface area contributed by atoms with Crippen molar-refractivity contribution in [3.8, 4) is 0 Å². The maximum Gasteiger partial charge on any atom is 0.307 e. The molecule has 0 bridgehead atoms. The summed E-state index contributed by atoms with van der Waals surface area (Å²) in [5.41, 5.74) is 4.34. The number of para-hydroxylation sites is 4. The molecular formula is C55H84Cl4N2O11. The number of benzene rings is 4. The lowest BCUT2D eigenvalue weighted by Gasteiger charge is -2.13. The molecule has 0 aliphatic carbocycles. The zero-order valence-corrected chi connectivity index (χ0v) is 47.2. The summed E-state index contributed by atoms with van der Waals surface area (Å²) in [5, 5.41) is 25.4. The SMILES string of the molecule is CC(=O)Cc1ccccc1Nc1c(Cl)cccc1Cl.CCC(C)C.CCCOCCO.CCCOCCOC.CCCOCCOCCOCCOC.O=C(O)Cc1ccccc1Nc1c(Cl)cccc1Cl. The Morgan fingerprint density at radius 2 is 0.819 bits per heavy atom. The first kappa shape index (κ1) is 70.5. The van der Waals surface area contributed by atoms with E-state index in [1.807, 2.05) is 37.3 Å². The Morgan fingerprint density at radius 3 is 1.12 bits per heavy atom. The van der Waals surface area contributed by atoms with Gasteiger partial charge >= 0.3 is 5.97 Å². The van der Waals surface area contributed by atoms with Gasteiger partial charge in [-0.2, -0.15) is 0 Å². The van der Waals surface area contributed by atoms with Crippen molar-refractivity contribution in [3.63, 3.8) is 0 Å². The number of nitrogens with one attached hydrogen (secondary N) is 2. The Bertz CT molecular complexity index is 1760. The largest absolute Gasteiger partial charge is 0.481 e. The summed E-state index contributed by atoms with van der Waals surface area (Å²) in [6, 6.07) is 25.3. The molecule has 0 aliphatic heterocycles. The zero-order valence-electron chi connectivity index (χ0n) is 44.2. The number of carboxylic acid groups (broad SMARTS) is 1. The fraction of sp³-hybridized carbons (Fsp3) is 0.527. The number of ether oxygens (including phenoxy) is 7. The topological polar surface area (TPSA) is 163 Å². The zero-order chi connectivity index (χ0) is 54.2. The van der Waals surface area contributed by atoms with Crippen molar-refractivity contribution in [1.82, 2.24) is 0 Å². The number of aliphatic hydroxyl groups excluding tert-OH is 1. The predicted molar refractivity (Wildman–Crippen MR) is 299 cm³/mol. The van der Waals surface area contributed by atoms with Gasteiger partial charge in [-0.15, -0.1) is 0 Å². The van der Waals surface area contributed by atoms with Crippen molar-refractivity contribution >= 4 is 80.9 Å². The summed E-state index contributed by atoms with van der Waals surface area (Å²) < 4.78 is 35.3. The van der Waals surface area contributed by atoms with E-state index in [-0.39, 0.29) is 18.8 Å². The average Bonchev–Trinajstić information content (AvgIpc) is 3.35. The van der Waals surface area contributed by atoms with Crippen LogP contribution in [0.1, 0.15) is 85.3 Å². The number of Topliss-reactive ketones (excluding diaryl/α,β-unsaturated/α-hetero) is 1. The highest BCUT2D eigenvalue weighted by atomic mass is 35.5. The molecule has 0 spiro atoms. The third kappa shape index (κ3) is 39.9. The van der Waals surface area contributed by atoms with Crippen LogP contribution in [-0.2, 0) is 55.6 Å². The summed E-state index contributed by atoms with van der Waals surface area (Å²) in [6.07, 6.45) is 4.79. The Balaban J connectivity index is 0. The Labute approximate surface area is 451 Å². The number of hydrogen-bond donors (Lipinski definition) is 4. The van der Waals surface area contributed by atoms with Gasteiger partial charge in [0, 0.05) is 51.8 Å². The minimum absolute atomic E-state index is 0.0642. The number of hydrogen-bond acceptors (Lipinski definition) is 12. The van der Waals surface area contributed by atoms with Crippen molar-refractivity contribution in [1.29, 1.82) is 0 Å². The quantitative estimate of drug-likeness (QED) is 0.0380. The molecule has 72 heavy (non-hydrogen) atoms. The molecule has 4 aromatic rings. The molecule has 0 heterocycles. The molecule has 0 amide bonds. The van der Waals surface area contributed by atoms with Crippen LogP contribution in [0.3, 0.4) is 0 Å². The molecule has 17 heteroatoms. The van der Waals surface area contributed by atoms with Crippen LogP contribution in [0, 0.1) is 5.92 Å². The molecule has 13 nitrogen and oxygen atoms in total.